The molecule has 7 heteroatoms. The fourth-order valence-corrected chi connectivity index (χ4v) is 4.19. The highest BCUT2D eigenvalue weighted by molar-refractivity contribution is 5.88. The Morgan fingerprint density at radius 2 is 2.00 bits per heavy atom. The van der Waals surface area contributed by atoms with Crippen molar-refractivity contribution in [1.82, 2.24) is 20.3 Å². The van der Waals surface area contributed by atoms with E-state index in [2.05, 4.69) is 50.1 Å². The highest BCUT2D eigenvalue weighted by Gasteiger charge is 2.40. The van der Waals surface area contributed by atoms with E-state index in [4.69, 9.17) is 4.52 Å². The van der Waals surface area contributed by atoms with Gasteiger partial charge >= 0.3 is 0 Å². The molecule has 26 heavy (non-hydrogen) atoms. The molecule has 1 aliphatic heterocycles. The summed E-state index contributed by atoms with van der Waals surface area (Å²) in [6, 6.07) is 0.189. The maximum absolute atomic E-state index is 12.7. The molecule has 2 heterocycles. The third kappa shape index (κ3) is 4.02. The van der Waals surface area contributed by atoms with Crippen LogP contribution in [-0.2, 0) is 4.79 Å². The largest absolute Gasteiger partial charge is 0.361 e. The lowest BCUT2D eigenvalue weighted by Crippen LogP contribution is -2.66. The van der Waals surface area contributed by atoms with Crippen molar-refractivity contribution in [3.63, 3.8) is 0 Å². The van der Waals surface area contributed by atoms with E-state index in [1.165, 1.54) is 0 Å². The summed E-state index contributed by atoms with van der Waals surface area (Å²) in [4.78, 5) is 21.1. The molecule has 1 aromatic rings. The SMILES string of the molecule is CN=C(NCC(C)c1c(C)noc1C)N1CC(=O)N(C(C)C)C(C)(C)C1. The number of carbonyl (C=O) groups excluding carboxylic acids is 1. The normalized spacial score (nSPS) is 19.3. The maximum Gasteiger partial charge on any atom is 0.242 e. The molecule has 1 aromatic heterocycles. The molecular formula is C19H33N5O2. The minimum atomic E-state index is -0.242. The second kappa shape index (κ2) is 7.68. The number of guanidine groups is 1. The highest BCUT2D eigenvalue weighted by atomic mass is 16.5. The van der Waals surface area contributed by atoms with E-state index in [0.717, 1.165) is 29.5 Å². The van der Waals surface area contributed by atoms with Gasteiger partial charge < -0.3 is 19.6 Å². The smallest absolute Gasteiger partial charge is 0.242 e. The molecule has 1 saturated heterocycles. The van der Waals surface area contributed by atoms with Gasteiger partial charge in [-0.25, -0.2) is 0 Å². The van der Waals surface area contributed by atoms with Crippen LogP contribution < -0.4 is 5.32 Å². The minimum Gasteiger partial charge on any atom is -0.361 e. The summed E-state index contributed by atoms with van der Waals surface area (Å²) in [6.07, 6.45) is 0. The molecular weight excluding hydrogens is 330 g/mol. The predicted octanol–water partition coefficient (Wildman–Crippen LogP) is 2.30. The van der Waals surface area contributed by atoms with Crippen LogP contribution >= 0.6 is 0 Å². The number of rotatable bonds is 4. The number of piperazine rings is 1. The third-order valence-electron chi connectivity index (χ3n) is 5.00. The zero-order valence-electron chi connectivity index (χ0n) is 17.4. The quantitative estimate of drug-likeness (QED) is 0.656. The van der Waals surface area contributed by atoms with Crippen LogP contribution in [0.25, 0.3) is 0 Å². The Balaban J connectivity index is 2.07. The molecule has 146 valence electrons. The van der Waals surface area contributed by atoms with Crippen LogP contribution in [-0.4, -0.2) is 65.1 Å². The van der Waals surface area contributed by atoms with Crippen molar-refractivity contribution in [3.8, 4) is 0 Å². The number of nitrogens with zero attached hydrogens (tertiary/aromatic N) is 4. The molecule has 0 aliphatic carbocycles. The zero-order valence-corrected chi connectivity index (χ0v) is 17.4. The van der Waals surface area contributed by atoms with Crippen LogP contribution in [0.2, 0.25) is 0 Å². The van der Waals surface area contributed by atoms with Crippen molar-refractivity contribution in [2.75, 3.05) is 26.7 Å². The van der Waals surface area contributed by atoms with E-state index in [0.29, 0.717) is 13.1 Å². The van der Waals surface area contributed by atoms with E-state index in [1.54, 1.807) is 7.05 Å². The number of aliphatic imine (C=N–C) groups is 1. The first kappa shape index (κ1) is 20.3. The Morgan fingerprint density at radius 3 is 2.46 bits per heavy atom. The van der Waals surface area contributed by atoms with E-state index < -0.39 is 0 Å². The molecule has 0 radical (unpaired) electrons. The summed E-state index contributed by atoms with van der Waals surface area (Å²) in [5.74, 6) is 1.98. The van der Waals surface area contributed by atoms with Crippen LogP contribution in [0.4, 0.5) is 0 Å². The number of aromatic nitrogens is 1. The second-order valence-electron chi connectivity index (χ2n) is 8.09. The highest BCUT2D eigenvalue weighted by Crippen LogP contribution is 2.25. The van der Waals surface area contributed by atoms with Gasteiger partial charge in [0.15, 0.2) is 5.96 Å². The van der Waals surface area contributed by atoms with E-state index >= 15 is 0 Å². The van der Waals surface area contributed by atoms with Crippen LogP contribution in [0.1, 0.15) is 57.6 Å². The summed E-state index contributed by atoms with van der Waals surface area (Å²) in [5.41, 5.74) is 1.82. The average Bonchev–Trinajstić information content (AvgIpc) is 2.84. The molecule has 0 spiro atoms. The van der Waals surface area contributed by atoms with Crippen LogP contribution in [0.5, 0.6) is 0 Å². The molecule has 1 fully saturated rings. The molecule has 1 unspecified atom stereocenters. The lowest BCUT2D eigenvalue weighted by Gasteiger charge is -2.49. The summed E-state index contributed by atoms with van der Waals surface area (Å²) in [5, 5.41) is 7.45. The molecule has 1 atom stereocenters. The fourth-order valence-electron chi connectivity index (χ4n) is 4.19. The van der Waals surface area contributed by atoms with Crippen molar-refractivity contribution in [2.24, 2.45) is 4.99 Å². The topological polar surface area (TPSA) is 74.0 Å². The number of hydrogen-bond acceptors (Lipinski definition) is 4. The van der Waals surface area contributed by atoms with Crippen molar-refractivity contribution < 1.29 is 9.32 Å². The van der Waals surface area contributed by atoms with Crippen LogP contribution in [0, 0.1) is 13.8 Å². The Bertz CT molecular complexity index is 658. The monoisotopic (exact) mass is 363 g/mol. The van der Waals surface area contributed by atoms with Crippen LogP contribution in [0.15, 0.2) is 9.52 Å². The Hall–Kier alpha value is -2.05. The second-order valence-corrected chi connectivity index (χ2v) is 8.09. The van der Waals surface area contributed by atoms with Gasteiger partial charge in [0.25, 0.3) is 0 Å². The van der Waals surface area contributed by atoms with Gasteiger partial charge in [0.1, 0.15) is 5.76 Å². The first-order valence-corrected chi connectivity index (χ1v) is 9.29. The van der Waals surface area contributed by atoms with E-state index in [9.17, 15) is 4.79 Å². The fraction of sp³-hybridized carbons (Fsp3) is 0.737. The maximum atomic E-state index is 12.7. The average molecular weight is 364 g/mol. The van der Waals surface area contributed by atoms with Gasteiger partial charge in [-0.1, -0.05) is 12.1 Å². The lowest BCUT2D eigenvalue weighted by atomic mass is 9.96. The predicted molar refractivity (Wildman–Crippen MR) is 103 cm³/mol. The van der Waals surface area contributed by atoms with Gasteiger partial charge in [0, 0.05) is 37.7 Å². The molecule has 0 aromatic carbocycles. The number of amides is 1. The molecule has 2 rings (SSSR count). The van der Waals surface area contributed by atoms with Crippen LogP contribution in [0.3, 0.4) is 0 Å². The first-order valence-electron chi connectivity index (χ1n) is 9.29. The van der Waals surface area contributed by atoms with Gasteiger partial charge in [-0.2, -0.15) is 0 Å². The Kier molecular flexibility index (Phi) is 5.98. The molecule has 1 amide bonds. The Labute approximate surface area is 156 Å². The number of aryl methyl sites for hydroxylation is 2. The summed E-state index contributed by atoms with van der Waals surface area (Å²) in [7, 11) is 1.76. The third-order valence-corrected chi connectivity index (χ3v) is 5.00. The molecule has 1 aliphatic rings. The van der Waals surface area contributed by atoms with Crippen molar-refractivity contribution in [2.45, 2.75) is 66.0 Å². The molecule has 0 saturated carbocycles. The summed E-state index contributed by atoms with van der Waals surface area (Å²) in [6.45, 7) is 16.2. The number of hydrogen-bond donors (Lipinski definition) is 1. The van der Waals surface area contributed by atoms with Gasteiger partial charge in [-0.05, 0) is 41.5 Å². The zero-order chi connectivity index (χ0) is 19.6. The molecule has 1 N–H and O–H groups in total. The lowest BCUT2D eigenvalue weighted by molar-refractivity contribution is -0.145. The molecule has 7 nitrogen and oxygen atoms in total. The van der Waals surface area contributed by atoms with Gasteiger partial charge in [0.05, 0.1) is 17.8 Å². The molecule has 0 bridgehead atoms. The van der Waals surface area contributed by atoms with Crippen molar-refractivity contribution in [1.29, 1.82) is 0 Å². The first-order chi connectivity index (χ1) is 12.1. The standard InChI is InChI=1S/C19H33N5O2/c1-12(2)24-16(25)10-23(11-19(24,6)7)18(20-8)21-9-13(3)17-14(4)22-26-15(17)5/h12-13H,9-11H2,1-8H3,(H,20,21). The number of nitrogens with one attached hydrogen (secondary N) is 1. The van der Waals surface area contributed by atoms with Crippen molar-refractivity contribution >= 4 is 11.9 Å². The van der Waals surface area contributed by atoms with Gasteiger partial charge in [0.2, 0.25) is 5.91 Å². The van der Waals surface area contributed by atoms with Gasteiger partial charge in [-0.3, -0.25) is 9.79 Å². The minimum absolute atomic E-state index is 0.137. The van der Waals surface area contributed by atoms with E-state index in [1.807, 2.05) is 23.6 Å². The Morgan fingerprint density at radius 1 is 1.35 bits per heavy atom. The summed E-state index contributed by atoms with van der Waals surface area (Å²) >= 11 is 0. The van der Waals surface area contributed by atoms with Crippen molar-refractivity contribution in [3.05, 3.63) is 17.0 Å². The number of carbonyl (C=O) groups is 1. The van der Waals surface area contributed by atoms with E-state index in [-0.39, 0.29) is 23.4 Å². The summed E-state index contributed by atoms with van der Waals surface area (Å²) < 4.78 is 5.27. The van der Waals surface area contributed by atoms with Gasteiger partial charge in [-0.15, -0.1) is 0 Å².